The van der Waals surface area contributed by atoms with Crippen molar-refractivity contribution in [3.63, 3.8) is 0 Å². The Labute approximate surface area is 121 Å². The second kappa shape index (κ2) is 5.80. The number of nitrogens with one attached hydrogen (secondary N) is 1. The van der Waals surface area contributed by atoms with Crippen LogP contribution in [0.25, 0.3) is 10.9 Å². The molecule has 3 rings (SSSR count). The van der Waals surface area contributed by atoms with E-state index in [0.29, 0.717) is 0 Å². The van der Waals surface area contributed by atoms with E-state index < -0.39 is 0 Å². The molecule has 1 aromatic carbocycles. The molecule has 2 aromatic rings. The summed E-state index contributed by atoms with van der Waals surface area (Å²) in [6.07, 6.45) is 2.54. The number of fused-ring (bicyclic) bond motifs is 1. The molecule has 3 nitrogen and oxygen atoms in total. The van der Waals surface area contributed by atoms with E-state index in [1.807, 2.05) is 7.05 Å². The van der Waals surface area contributed by atoms with E-state index >= 15 is 0 Å². The molecule has 106 valence electrons. The van der Waals surface area contributed by atoms with Crippen molar-refractivity contribution in [3.8, 4) is 0 Å². The van der Waals surface area contributed by atoms with Crippen LogP contribution in [0.15, 0.2) is 30.3 Å². The minimum Gasteiger partial charge on any atom is -0.356 e. The Morgan fingerprint density at radius 1 is 1.25 bits per heavy atom. The second-order valence-corrected chi connectivity index (χ2v) is 5.86. The van der Waals surface area contributed by atoms with Gasteiger partial charge in [-0.1, -0.05) is 25.1 Å². The third-order valence-corrected chi connectivity index (χ3v) is 4.23. The van der Waals surface area contributed by atoms with Gasteiger partial charge in [-0.25, -0.2) is 4.98 Å². The molecule has 0 unspecified atom stereocenters. The lowest BCUT2D eigenvalue weighted by Gasteiger charge is -2.32. The van der Waals surface area contributed by atoms with E-state index in [1.165, 1.54) is 29.6 Å². The van der Waals surface area contributed by atoms with E-state index in [-0.39, 0.29) is 0 Å². The Bertz CT molecular complexity index is 586. The minimum absolute atomic E-state index is 0.847. The molecule has 0 spiro atoms. The molecule has 0 atom stereocenters. The van der Waals surface area contributed by atoms with Crippen LogP contribution in [0, 0.1) is 5.92 Å². The first-order valence-corrected chi connectivity index (χ1v) is 7.56. The number of anilines is 1. The van der Waals surface area contributed by atoms with Gasteiger partial charge < -0.3 is 10.2 Å². The molecular weight excluding hydrogens is 246 g/mol. The van der Waals surface area contributed by atoms with Crippen molar-refractivity contribution in [2.75, 3.05) is 25.0 Å². The summed E-state index contributed by atoms with van der Waals surface area (Å²) in [6, 6.07) is 10.7. The number of rotatable bonds is 3. The van der Waals surface area contributed by atoms with Crippen LogP contribution in [0.3, 0.4) is 0 Å². The molecule has 0 saturated carbocycles. The number of benzene rings is 1. The van der Waals surface area contributed by atoms with Crippen LogP contribution in [-0.2, 0) is 6.54 Å². The van der Waals surface area contributed by atoms with Crippen LogP contribution in [0.1, 0.15) is 25.3 Å². The molecule has 1 aromatic heterocycles. The fraction of sp³-hybridized carbons (Fsp3) is 0.471. The number of para-hydroxylation sites is 1. The van der Waals surface area contributed by atoms with Gasteiger partial charge in [0.2, 0.25) is 0 Å². The van der Waals surface area contributed by atoms with E-state index in [4.69, 9.17) is 4.98 Å². The molecule has 3 heteroatoms. The standard InChI is InChI=1S/C17H23N3/c1-13-7-9-20(10-8-13)17-15(12-18-2)11-14-5-3-4-6-16(14)19-17/h3-6,11,13,18H,7-10,12H2,1-2H3. The van der Waals surface area contributed by atoms with Crippen molar-refractivity contribution < 1.29 is 0 Å². The third kappa shape index (κ3) is 2.63. The zero-order chi connectivity index (χ0) is 13.9. The van der Waals surface area contributed by atoms with Gasteiger partial charge in [-0.15, -0.1) is 0 Å². The minimum atomic E-state index is 0.847. The zero-order valence-corrected chi connectivity index (χ0v) is 12.4. The first kappa shape index (κ1) is 13.4. The highest BCUT2D eigenvalue weighted by Crippen LogP contribution is 2.27. The smallest absolute Gasteiger partial charge is 0.133 e. The van der Waals surface area contributed by atoms with Crippen molar-refractivity contribution in [1.82, 2.24) is 10.3 Å². The van der Waals surface area contributed by atoms with Crippen molar-refractivity contribution in [3.05, 3.63) is 35.9 Å². The monoisotopic (exact) mass is 269 g/mol. The molecule has 1 N–H and O–H groups in total. The van der Waals surface area contributed by atoms with Crippen molar-refractivity contribution >= 4 is 16.7 Å². The average Bonchev–Trinajstić information content (AvgIpc) is 2.48. The van der Waals surface area contributed by atoms with Crippen molar-refractivity contribution in [1.29, 1.82) is 0 Å². The van der Waals surface area contributed by atoms with Crippen LogP contribution in [0.5, 0.6) is 0 Å². The largest absolute Gasteiger partial charge is 0.356 e. The molecule has 0 amide bonds. The highest BCUT2D eigenvalue weighted by atomic mass is 15.2. The third-order valence-electron chi connectivity index (χ3n) is 4.23. The fourth-order valence-corrected chi connectivity index (χ4v) is 2.96. The molecule has 1 fully saturated rings. The lowest BCUT2D eigenvalue weighted by atomic mass is 9.98. The maximum absolute atomic E-state index is 4.93. The number of aromatic nitrogens is 1. The summed E-state index contributed by atoms with van der Waals surface area (Å²) in [7, 11) is 2.00. The fourth-order valence-electron chi connectivity index (χ4n) is 2.96. The molecule has 0 aliphatic carbocycles. The van der Waals surface area contributed by atoms with E-state index in [9.17, 15) is 0 Å². The number of hydrogen-bond donors (Lipinski definition) is 1. The Balaban J connectivity index is 2.00. The van der Waals surface area contributed by atoms with Gasteiger partial charge in [0, 0.05) is 30.6 Å². The maximum Gasteiger partial charge on any atom is 0.133 e. The summed E-state index contributed by atoms with van der Waals surface area (Å²) in [5, 5.41) is 4.50. The molecule has 1 aliphatic heterocycles. The van der Waals surface area contributed by atoms with Crippen LogP contribution >= 0.6 is 0 Å². The molecule has 1 saturated heterocycles. The van der Waals surface area contributed by atoms with E-state index in [2.05, 4.69) is 47.5 Å². The Kier molecular flexibility index (Phi) is 3.88. The Morgan fingerprint density at radius 3 is 2.75 bits per heavy atom. The predicted molar refractivity (Wildman–Crippen MR) is 85.1 cm³/mol. The second-order valence-electron chi connectivity index (χ2n) is 5.86. The summed E-state index contributed by atoms with van der Waals surface area (Å²) in [5.74, 6) is 2.02. The SMILES string of the molecule is CNCc1cc2ccccc2nc1N1CCC(C)CC1. The molecule has 20 heavy (non-hydrogen) atoms. The van der Waals surface area contributed by atoms with Gasteiger partial charge in [0.25, 0.3) is 0 Å². The van der Waals surface area contributed by atoms with Crippen LogP contribution in [0.2, 0.25) is 0 Å². The average molecular weight is 269 g/mol. The lowest BCUT2D eigenvalue weighted by molar-refractivity contribution is 0.436. The van der Waals surface area contributed by atoms with E-state index in [1.54, 1.807) is 0 Å². The topological polar surface area (TPSA) is 28.2 Å². The van der Waals surface area contributed by atoms with Gasteiger partial charge in [0.15, 0.2) is 0 Å². The number of nitrogens with zero attached hydrogens (tertiary/aromatic N) is 2. The van der Waals surface area contributed by atoms with Crippen molar-refractivity contribution in [2.45, 2.75) is 26.3 Å². The van der Waals surface area contributed by atoms with Crippen LogP contribution in [-0.4, -0.2) is 25.1 Å². The first-order valence-electron chi connectivity index (χ1n) is 7.56. The molecular formula is C17H23N3. The number of piperidine rings is 1. The molecule has 0 bridgehead atoms. The van der Waals surface area contributed by atoms with Gasteiger partial charge in [0.1, 0.15) is 5.82 Å². The Hall–Kier alpha value is -1.61. The molecule has 2 heterocycles. The Morgan fingerprint density at radius 2 is 2.00 bits per heavy atom. The lowest BCUT2D eigenvalue weighted by Crippen LogP contribution is -2.34. The van der Waals surface area contributed by atoms with Crippen LogP contribution in [0.4, 0.5) is 5.82 Å². The number of pyridine rings is 1. The summed E-state index contributed by atoms with van der Waals surface area (Å²) >= 11 is 0. The highest BCUT2D eigenvalue weighted by Gasteiger charge is 2.19. The molecule has 1 aliphatic rings. The summed E-state index contributed by atoms with van der Waals surface area (Å²) in [6.45, 7) is 5.48. The van der Waals surface area contributed by atoms with Gasteiger partial charge in [-0.2, -0.15) is 0 Å². The van der Waals surface area contributed by atoms with Crippen LogP contribution < -0.4 is 10.2 Å². The van der Waals surface area contributed by atoms with Gasteiger partial charge in [0.05, 0.1) is 5.52 Å². The predicted octanol–water partition coefficient (Wildman–Crippen LogP) is 3.19. The maximum atomic E-state index is 4.93. The van der Waals surface area contributed by atoms with E-state index in [0.717, 1.165) is 31.1 Å². The zero-order valence-electron chi connectivity index (χ0n) is 12.4. The highest BCUT2D eigenvalue weighted by molar-refractivity contribution is 5.81. The summed E-state index contributed by atoms with van der Waals surface area (Å²) in [5.41, 5.74) is 2.40. The first-order chi connectivity index (χ1) is 9.78. The van der Waals surface area contributed by atoms with Gasteiger partial charge in [-0.05, 0) is 37.9 Å². The van der Waals surface area contributed by atoms with Gasteiger partial charge in [-0.3, -0.25) is 0 Å². The summed E-state index contributed by atoms with van der Waals surface area (Å²) < 4.78 is 0. The number of hydrogen-bond acceptors (Lipinski definition) is 3. The molecule has 0 radical (unpaired) electrons. The quantitative estimate of drug-likeness (QED) is 0.927. The van der Waals surface area contributed by atoms with Crippen molar-refractivity contribution in [2.24, 2.45) is 5.92 Å². The van der Waals surface area contributed by atoms with Gasteiger partial charge >= 0.3 is 0 Å². The normalized spacial score (nSPS) is 16.8. The summed E-state index contributed by atoms with van der Waals surface area (Å²) in [4.78, 5) is 7.39.